The Morgan fingerprint density at radius 1 is 1.30 bits per heavy atom. The Morgan fingerprint density at radius 2 is 2.00 bits per heavy atom. The van der Waals surface area contributed by atoms with Crippen LogP contribution in [0.2, 0.25) is 5.02 Å². The van der Waals surface area contributed by atoms with Gasteiger partial charge in [0.15, 0.2) is 0 Å². The molecule has 0 spiro atoms. The molecule has 2 aromatic carbocycles. The van der Waals surface area contributed by atoms with Crippen molar-refractivity contribution >= 4 is 23.2 Å². The number of carbonyl (C=O) groups is 1. The van der Waals surface area contributed by atoms with Crippen LogP contribution in [0.15, 0.2) is 42.5 Å². The maximum Gasteiger partial charge on any atom is 0.274 e. The molecule has 0 aliphatic rings. The first-order chi connectivity index (χ1) is 10.9. The van der Waals surface area contributed by atoms with Crippen LogP contribution in [0.4, 0.5) is 10.1 Å². The highest BCUT2D eigenvalue weighted by molar-refractivity contribution is 6.31. The van der Waals surface area contributed by atoms with Crippen molar-refractivity contribution in [1.82, 2.24) is 4.90 Å². The van der Waals surface area contributed by atoms with E-state index in [4.69, 9.17) is 11.6 Å². The summed E-state index contributed by atoms with van der Waals surface area (Å²) in [6, 6.07) is 9.87. The van der Waals surface area contributed by atoms with Crippen molar-refractivity contribution in [2.45, 2.75) is 13.5 Å². The van der Waals surface area contributed by atoms with Gasteiger partial charge in [-0.25, -0.2) is 4.39 Å². The molecule has 0 atom stereocenters. The van der Waals surface area contributed by atoms with Crippen molar-refractivity contribution in [3.8, 4) is 0 Å². The van der Waals surface area contributed by atoms with Crippen LogP contribution < -0.4 is 0 Å². The predicted octanol–water partition coefficient (Wildman–Crippen LogP) is 4.05. The van der Waals surface area contributed by atoms with Gasteiger partial charge in [0.1, 0.15) is 5.82 Å². The molecule has 2 aromatic rings. The molecule has 0 fully saturated rings. The summed E-state index contributed by atoms with van der Waals surface area (Å²) in [4.78, 5) is 24.4. The standard InChI is InChI=1S/C16H14ClFN2O3/c1-2-19(10-11-5-3-4-6-15(11)20(22)23)16(21)13-9-12(17)7-8-14(13)18/h3-9H,2,10H2,1H3. The first kappa shape index (κ1) is 16.9. The summed E-state index contributed by atoms with van der Waals surface area (Å²) in [6.07, 6.45) is 0. The minimum atomic E-state index is -0.680. The average Bonchev–Trinajstić information content (AvgIpc) is 2.54. The van der Waals surface area contributed by atoms with E-state index in [9.17, 15) is 19.3 Å². The van der Waals surface area contributed by atoms with Crippen LogP contribution in [0.1, 0.15) is 22.8 Å². The van der Waals surface area contributed by atoms with E-state index in [2.05, 4.69) is 0 Å². The number of hydrogen-bond acceptors (Lipinski definition) is 3. The SMILES string of the molecule is CCN(Cc1ccccc1[N+](=O)[O-])C(=O)c1cc(Cl)ccc1F. The molecule has 23 heavy (non-hydrogen) atoms. The molecular weight excluding hydrogens is 323 g/mol. The molecule has 0 aromatic heterocycles. The van der Waals surface area contributed by atoms with Gasteiger partial charge in [0.2, 0.25) is 0 Å². The van der Waals surface area contributed by atoms with Gasteiger partial charge in [-0.2, -0.15) is 0 Å². The van der Waals surface area contributed by atoms with Crippen LogP contribution in [0, 0.1) is 15.9 Å². The van der Waals surface area contributed by atoms with Crippen LogP contribution >= 0.6 is 11.6 Å². The fourth-order valence-electron chi connectivity index (χ4n) is 2.19. The van der Waals surface area contributed by atoms with E-state index in [0.717, 1.165) is 6.07 Å². The van der Waals surface area contributed by atoms with Gasteiger partial charge in [0, 0.05) is 23.2 Å². The molecular formula is C16H14ClFN2O3. The lowest BCUT2D eigenvalue weighted by Crippen LogP contribution is -2.31. The summed E-state index contributed by atoms with van der Waals surface area (Å²) in [5.74, 6) is -1.24. The average molecular weight is 337 g/mol. The van der Waals surface area contributed by atoms with Gasteiger partial charge < -0.3 is 4.90 Å². The topological polar surface area (TPSA) is 63.4 Å². The molecule has 120 valence electrons. The first-order valence-corrected chi connectivity index (χ1v) is 7.28. The van der Waals surface area contributed by atoms with Crippen molar-refractivity contribution in [1.29, 1.82) is 0 Å². The van der Waals surface area contributed by atoms with Gasteiger partial charge in [-0.05, 0) is 25.1 Å². The van der Waals surface area contributed by atoms with Crippen LogP contribution in [0.5, 0.6) is 0 Å². The molecule has 0 aliphatic heterocycles. The fourth-order valence-corrected chi connectivity index (χ4v) is 2.36. The molecule has 0 heterocycles. The lowest BCUT2D eigenvalue weighted by molar-refractivity contribution is -0.385. The van der Waals surface area contributed by atoms with Gasteiger partial charge in [-0.3, -0.25) is 14.9 Å². The number of amides is 1. The van der Waals surface area contributed by atoms with E-state index in [1.807, 2.05) is 0 Å². The van der Waals surface area contributed by atoms with Crippen LogP contribution in [0.25, 0.3) is 0 Å². The Kier molecular flexibility index (Phi) is 5.28. The number of nitro groups is 1. The summed E-state index contributed by atoms with van der Waals surface area (Å²) in [5, 5.41) is 11.3. The molecule has 0 saturated heterocycles. The second-order valence-corrected chi connectivity index (χ2v) is 5.27. The Labute approximate surface area is 137 Å². The molecule has 0 radical (unpaired) electrons. The van der Waals surface area contributed by atoms with Crippen molar-refractivity contribution in [2.24, 2.45) is 0 Å². The molecule has 0 N–H and O–H groups in total. The van der Waals surface area contributed by atoms with Crippen LogP contribution in [-0.4, -0.2) is 22.3 Å². The highest BCUT2D eigenvalue weighted by atomic mass is 35.5. The number of hydrogen-bond donors (Lipinski definition) is 0. The van der Waals surface area contributed by atoms with E-state index in [1.54, 1.807) is 25.1 Å². The smallest absolute Gasteiger partial charge is 0.274 e. The van der Waals surface area contributed by atoms with Gasteiger partial charge in [-0.1, -0.05) is 29.8 Å². The lowest BCUT2D eigenvalue weighted by Gasteiger charge is -2.21. The second kappa shape index (κ2) is 7.19. The van der Waals surface area contributed by atoms with Crippen molar-refractivity contribution in [3.05, 3.63) is 74.5 Å². The molecule has 0 aliphatic carbocycles. The fraction of sp³-hybridized carbons (Fsp3) is 0.188. The third-order valence-electron chi connectivity index (χ3n) is 3.38. The highest BCUT2D eigenvalue weighted by Crippen LogP contribution is 2.22. The first-order valence-electron chi connectivity index (χ1n) is 6.90. The Morgan fingerprint density at radius 3 is 2.65 bits per heavy atom. The summed E-state index contributed by atoms with van der Waals surface area (Å²) >= 11 is 5.81. The monoisotopic (exact) mass is 336 g/mol. The molecule has 5 nitrogen and oxygen atoms in total. The Balaban J connectivity index is 2.32. The zero-order valence-electron chi connectivity index (χ0n) is 12.3. The zero-order chi connectivity index (χ0) is 17.0. The molecule has 0 bridgehead atoms. The van der Waals surface area contributed by atoms with Crippen LogP contribution in [0.3, 0.4) is 0 Å². The highest BCUT2D eigenvalue weighted by Gasteiger charge is 2.22. The van der Waals surface area contributed by atoms with E-state index in [1.165, 1.54) is 23.1 Å². The van der Waals surface area contributed by atoms with E-state index in [0.29, 0.717) is 5.56 Å². The molecule has 7 heteroatoms. The Bertz CT molecular complexity index is 752. The van der Waals surface area contributed by atoms with Gasteiger partial charge >= 0.3 is 0 Å². The minimum Gasteiger partial charge on any atom is -0.334 e. The number of rotatable bonds is 5. The summed E-state index contributed by atoms with van der Waals surface area (Å²) < 4.78 is 13.8. The zero-order valence-corrected chi connectivity index (χ0v) is 13.1. The lowest BCUT2D eigenvalue weighted by atomic mass is 10.1. The number of halogens is 2. The number of carbonyl (C=O) groups excluding carboxylic acids is 1. The summed E-state index contributed by atoms with van der Waals surface area (Å²) in [5.41, 5.74) is 0.151. The van der Waals surface area contributed by atoms with Gasteiger partial charge in [-0.15, -0.1) is 0 Å². The van der Waals surface area contributed by atoms with Gasteiger partial charge in [0.05, 0.1) is 17.0 Å². The largest absolute Gasteiger partial charge is 0.334 e. The van der Waals surface area contributed by atoms with E-state index in [-0.39, 0.29) is 29.4 Å². The number of para-hydroxylation sites is 1. The molecule has 0 unspecified atom stereocenters. The summed E-state index contributed by atoms with van der Waals surface area (Å²) in [6.45, 7) is 2.00. The number of nitrogens with zero attached hydrogens (tertiary/aromatic N) is 2. The quantitative estimate of drug-likeness (QED) is 0.611. The summed E-state index contributed by atoms with van der Waals surface area (Å²) in [7, 11) is 0. The van der Waals surface area contributed by atoms with Crippen molar-refractivity contribution < 1.29 is 14.1 Å². The third-order valence-corrected chi connectivity index (χ3v) is 3.61. The maximum atomic E-state index is 13.8. The van der Waals surface area contributed by atoms with Crippen molar-refractivity contribution in [3.63, 3.8) is 0 Å². The number of nitro benzene ring substituents is 1. The molecule has 1 amide bonds. The van der Waals surface area contributed by atoms with Gasteiger partial charge in [0.25, 0.3) is 11.6 Å². The molecule has 0 saturated carbocycles. The Hall–Kier alpha value is -2.47. The minimum absolute atomic E-state index is 0.0123. The van der Waals surface area contributed by atoms with E-state index >= 15 is 0 Å². The van der Waals surface area contributed by atoms with Crippen LogP contribution in [-0.2, 0) is 6.54 Å². The molecule has 2 rings (SSSR count). The maximum absolute atomic E-state index is 13.8. The van der Waals surface area contributed by atoms with E-state index < -0.39 is 16.6 Å². The van der Waals surface area contributed by atoms with Crippen molar-refractivity contribution in [2.75, 3.05) is 6.54 Å². The predicted molar refractivity (Wildman–Crippen MR) is 84.9 cm³/mol. The third kappa shape index (κ3) is 3.84. The number of benzene rings is 2. The second-order valence-electron chi connectivity index (χ2n) is 4.83. The normalized spacial score (nSPS) is 10.4.